The van der Waals surface area contributed by atoms with E-state index in [0.717, 1.165) is 57.3 Å². The van der Waals surface area contributed by atoms with E-state index in [-0.39, 0.29) is 35.9 Å². The number of nitrogens with one attached hydrogen (secondary N) is 4. The quantitative estimate of drug-likeness (QED) is 0.0722. The first-order chi connectivity index (χ1) is 25.8. The molecule has 17 nitrogen and oxygen atoms in total. The summed E-state index contributed by atoms with van der Waals surface area (Å²) in [5, 5.41) is 5.68. The number of hydroxylamine groups is 1. The maximum absolute atomic E-state index is 12.8. The van der Waals surface area contributed by atoms with E-state index in [1.807, 2.05) is 12.1 Å². The summed E-state index contributed by atoms with van der Waals surface area (Å²) < 4.78 is 12.2. The van der Waals surface area contributed by atoms with Crippen molar-refractivity contribution in [2.45, 2.75) is 104 Å². The molecule has 1 aliphatic rings. The third-order valence-electron chi connectivity index (χ3n) is 9.05. The van der Waals surface area contributed by atoms with Crippen LogP contribution in [0.2, 0.25) is 0 Å². The topological polar surface area (TPSA) is 234 Å². The summed E-state index contributed by atoms with van der Waals surface area (Å²) in [6.07, 6.45) is 5.96. The second-order valence-corrected chi connectivity index (χ2v) is 14.8. The number of amides is 3. The van der Waals surface area contributed by atoms with Gasteiger partial charge in [-0.25, -0.2) is 9.59 Å². The highest BCUT2D eigenvalue weighted by molar-refractivity contribution is 5.82. The van der Waals surface area contributed by atoms with Crippen LogP contribution in [0.1, 0.15) is 90.2 Å². The van der Waals surface area contributed by atoms with Gasteiger partial charge in [-0.3, -0.25) is 23.9 Å². The summed E-state index contributed by atoms with van der Waals surface area (Å²) in [5.41, 5.74) is 16.3. The molecule has 0 bridgehead atoms. The number of hydrogen-bond acceptors (Lipinski definition) is 12. The number of benzene rings is 1. The molecule has 0 spiro atoms. The predicted octanol–water partition coefficient (Wildman–Crippen LogP) is 2.72. The van der Waals surface area contributed by atoms with E-state index in [9.17, 15) is 19.2 Å². The molecule has 1 atom stereocenters. The number of nitrogens with two attached hydrogens (primary N) is 2. The number of aromatic amines is 1. The molecule has 4 rings (SSSR count). The van der Waals surface area contributed by atoms with Crippen molar-refractivity contribution in [3.63, 3.8) is 0 Å². The molecule has 8 N–H and O–H groups in total. The highest BCUT2D eigenvalue weighted by Gasteiger charge is 2.21. The van der Waals surface area contributed by atoms with E-state index >= 15 is 0 Å². The maximum atomic E-state index is 12.8. The monoisotopic (exact) mass is 754 g/mol. The molecule has 3 amide bonds. The normalized spacial score (nSPS) is 14.5. The van der Waals surface area contributed by atoms with Crippen LogP contribution in [0.15, 0.2) is 29.1 Å². The number of rotatable bonds is 20. The number of H-pyrrole nitrogens is 1. The number of nitrogen functional groups attached to an aromatic ring is 1. The molecule has 1 saturated heterocycles. The van der Waals surface area contributed by atoms with Crippen molar-refractivity contribution in [1.29, 1.82) is 0 Å². The zero-order valence-corrected chi connectivity index (χ0v) is 32.1. The molecule has 54 heavy (non-hydrogen) atoms. The lowest BCUT2D eigenvalue weighted by atomic mass is 9.93. The van der Waals surface area contributed by atoms with Gasteiger partial charge in [0.1, 0.15) is 11.1 Å². The number of piperidine rings is 1. The molecule has 0 saturated carbocycles. The second kappa shape index (κ2) is 20.6. The molecule has 1 aliphatic heterocycles. The van der Waals surface area contributed by atoms with Gasteiger partial charge in [-0.05, 0) is 95.9 Å². The van der Waals surface area contributed by atoms with Gasteiger partial charge in [0, 0.05) is 19.6 Å². The summed E-state index contributed by atoms with van der Waals surface area (Å²) in [5.74, 6) is 0.185. The molecule has 17 heteroatoms. The number of nitrogens with zero attached hydrogens (tertiary/aromatic N) is 4. The average molecular weight is 755 g/mol. The lowest BCUT2D eigenvalue weighted by Gasteiger charge is -2.32. The van der Waals surface area contributed by atoms with Crippen molar-refractivity contribution in [3.05, 3.63) is 45.9 Å². The summed E-state index contributed by atoms with van der Waals surface area (Å²) >= 11 is 0. The molecule has 3 heterocycles. The van der Waals surface area contributed by atoms with E-state index < -0.39 is 17.7 Å². The highest BCUT2D eigenvalue weighted by atomic mass is 16.7. The van der Waals surface area contributed by atoms with Gasteiger partial charge in [0.15, 0.2) is 18.1 Å². The standard InChI is InChI=1S/C37H58N10O7/c1-5-6-21-52-34-43-31(39)30-32(44-34)47(35(50)42-30)23-27-12-10-26(11-13-27)22-46-19-15-25(16-20-46)14-18-41-33(49)28(38)9-7-8-17-40-29(48)24-53-45-36(51)54-37(2,3)4/h10-13,25,28H,5-9,14-24,38H2,1-4H3,(H,40,48)(H,41,49)(H,42,50)(H,45,51)(H2,39,43,44). The third-order valence-corrected chi connectivity index (χ3v) is 9.05. The van der Waals surface area contributed by atoms with Gasteiger partial charge in [-0.15, -0.1) is 0 Å². The summed E-state index contributed by atoms with van der Waals surface area (Å²) in [6, 6.07) is 7.84. The maximum Gasteiger partial charge on any atom is 0.431 e. The SMILES string of the molecule is CCCCOc1nc(N)c2[nH]c(=O)n(Cc3ccc(CN4CCC(CCNC(=O)C(N)CCCCNC(=O)CONC(=O)OC(C)(C)C)CC4)cc3)c2n1. The van der Waals surface area contributed by atoms with Crippen LogP contribution in [0, 0.1) is 5.92 Å². The molecule has 1 fully saturated rings. The predicted molar refractivity (Wildman–Crippen MR) is 204 cm³/mol. The Morgan fingerprint density at radius 2 is 1.70 bits per heavy atom. The number of aromatic nitrogens is 4. The minimum absolute atomic E-state index is 0.158. The van der Waals surface area contributed by atoms with E-state index in [2.05, 4.69) is 55.0 Å². The zero-order valence-electron chi connectivity index (χ0n) is 32.1. The molecule has 2 aromatic heterocycles. The van der Waals surface area contributed by atoms with Crippen molar-refractivity contribution < 1.29 is 28.7 Å². The van der Waals surface area contributed by atoms with Gasteiger partial charge < -0.3 is 36.6 Å². The van der Waals surface area contributed by atoms with Crippen LogP contribution in [0.3, 0.4) is 0 Å². The lowest BCUT2D eigenvalue weighted by Crippen LogP contribution is -2.42. The first-order valence-electron chi connectivity index (χ1n) is 18.9. The Hall–Kier alpha value is -4.74. The minimum atomic E-state index is -0.768. The number of imidazole rings is 1. The highest BCUT2D eigenvalue weighted by Crippen LogP contribution is 2.23. The van der Waals surface area contributed by atoms with Crippen molar-refractivity contribution in [2.75, 3.05) is 45.1 Å². The number of hydrogen-bond donors (Lipinski definition) is 6. The smallest absolute Gasteiger partial charge is 0.431 e. The Labute approximate surface area is 316 Å². The summed E-state index contributed by atoms with van der Waals surface area (Å²) in [4.78, 5) is 67.4. The number of unbranched alkanes of at least 4 members (excludes halogenated alkanes) is 2. The van der Waals surface area contributed by atoms with Gasteiger partial charge >= 0.3 is 17.8 Å². The van der Waals surface area contributed by atoms with Crippen molar-refractivity contribution in [2.24, 2.45) is 11.7 Å². The van der Waals surface area contributed by atoms with E-state index in [4.69, 9.17) is 25.8 Å². The second-order valence-electron chi connectivity index (χ2n) is 14.8. The number of likely N-dealkylation sites (tertiary alicyclic amines) is 1. The van der Waals surface area contributed by atoms with Gasteiger partial charge in [0.05, 0.1) is 19.2 Å². The van der Waals surface area contributed by atoms with Gasteiger partial charge in [-0.2, -0.15) is 15.4 Å². The molecule has 1 aromatic carbocycles. The van der Waals surface area contributed by atoms with Crippen molar-refractivity contribution >= 4 is 34.9 Å². The molecule has 3 aromatic rings. The Kier molecular flexibility index (Phi) is 16.1. The molecule has 0 aliphatic carbocycles. The Morgan fingerprint density at radius 3 is 2.39 bits per heavy atom. The molecule has 0 radical (unpaired) electrons. The summed E-state index contributed by atoms with van der Waals surface area (Å²) in [7, 11) is 0. The zero-order chi connectivity index (χ0) is 39.1. The first-order valence-corrected chi connectivity index (χ1v) is 18.9. The first kappa shape index (κ1) is 42.0. The van der Waals surface area contributed by atoms with Gasteiger partial charge in [-0.1, -0.05) is 37.6 Å². The van der Waals surface area contributed by atoms with Crippen LogP contribution < -0.4 is 38.0 Å². The van der Waals surface area contributed by atoms with Crippen molar-refractivity contribution in [3.8, 4) is 6.01 Å². The van der Waals surface area contributed by atoms with Crippen LogP contribution in [0.5, 0.6) is 6.01 Å². The Bertz CT molecular complexity index is 1710. The molecule has 298 valence electrons. The Morgan fingerprint density at radius 1 is 1.00 bits per heavy atom. The number of carbonyl (C=O) groups is 3. The van der Waals surface area contributed by atoms with Gasteiger partial charge in [0.2, 0.25) is 11.8 Å². The average Bonchev–Trinajstić information content (AvgIpc) is 3.43. The molecule has 1 unspecified atom stereocenters. The Balaban J connectivity index is 1.08. The summed E-state index contributed by atoms with van der Waals surface area (Å²) in [6.45, 7) is 11.5. The van der Waals surface area contributed by atoms with Crippen LogP contribution in [-0.2, 0) is 32.3 Å². The fourth-order valence-corrected chi connectivity index (χ4v) is 6.06. The molecular weight excluding hydrogens is 696 g/mol. The fourth-order valence-electron chi connectivity index (χ4n) is 6.06. The van der Waals surface area contributed by atoms with E-state index in [1.54, 1.807) is 25.3 Å². The van der Waals surface area contributed by atoms with Crippen LogP contribution in [0.25, 0.3) is 11.2 Å². The van der Waals surface area contributed by atoms with Crippen LogP contribution >= 0.6 is 0 Å². The number of anilines is 1. The van der Waals surface area contributed by atoms with E-state index in [1.165, 1.54) is 5.56 Å². The van der Waals surface area contributed by atoms with Gasteiger partial charge in [0.25, 0.3) is 0 Å². The molecular formula is C37H58N10O7. The lowest BCUT2D eigenvalue weighted by molar-refractivity contribution is -0.128. The van der Waals surface area contributed by atoms with Crippen molar-refractivity contribution in [1.82, 2.24) is 40.5 Å². The third kappa shape index (κ3) is 13.9. The largest absolute Gasteiger partial charge is 0.463 e. The minimum Gasteiger partial charge on any atom is -0.463 e. The van der Waals surface area contributed by atoms with Crippen LogP contribution in [-0.4, -0.2) is 93.4 Å². The number of carbonyl (C=O) groups excluding carboxylic acids is 3. The van der Waals surface area contributed by atoms with Crippen LogP contribution in [0.4, 0.5) is 10.6 Å². The number of ether oxygens (including phenoxy) is 2. The van der Waals surface area contributed by atoms with E-state index in [0.29, 0.717) is 62.6 Å². The fraction of sp³-hybridized carbons (Fsp3) is 0.622. The number of fused-ring (bicyclic) bond motifs is 1.